The zero-order valence-electron chi connectivity index (χ0n) is 14.5. The fourth-order valence-corrected chi connectivity index (χ4v) is 5.72. The number of aliphatic hydroxyl groups is 1. The van der Waals surface area contributed by atoms with Gasteiger partial charge in [0.05, 0.1) is 5.25 Å². The van der Waals surface area contributed by atoms with Crippen molar-refractivity contribution in [2.45, 2.75) is 28.9 Å². The average molecular weight is 362 g/mol. The highest BCUT2D eigenvalue weighted by Gasteiger charge is 2.52. The van der Waals surface area contributed by atoms with Gasteiger partial charge in [-0.1, -0.05) is 91.0 Å². The Morgan fingerprint density at radius 1 is 0.808 bits per heavy atom. The van der Waals surface area contributed by atoms with Crippen molar-refractivity contribution in [3.8, 4) is 0 Å². The lowest BCUT2D eigenvalue weighted by molar-refractivity contribution is 0.0674. The Hall–Kier alpha value is -2.23. The van der Waals surface area contributed by atoms with E-state index in [1.807, 2.05) is 78.9 Å². The van der Waals surface area contributed by atoms with Crippen molar-refractivity contribution in [1.82, 2.24) is 0 Å². The Labute approximate surface area is 157 Å². The number of benzene rings is 3. The first kappa shape index (κ1) is 17.2. The molecule has 0 saturated carbocycles. The summed E-state index contributed by atoms with van der Waals surface area (Å²) in [6, 6.07) is 29.4. The molecule has 1 fully saturated rings. The molecule has 3 atom stereocenters. The summed E-state index contributed by atoms with van der Waals surface area (Å²) < 4.78 is 13.1. The minimum atomic E-state index is -1.22. The molecule has 1 saturated heterocycles. The second-order valence-electron chi connectivity index (χ2n) is 6.86. The largest absolute Gasteiger partial charge is 0.379 e. The quantitative estimate of drug-likeness (QED) is 0.743. The standard InChI is InChI=1S/C23H22O2S/c24-23(19-12-6-2-7-13-19,20-14-8-3-9-15-20)22-17-21(26(22)25)16-18-10-4-1-5-11-18/h1-15,21-22,24H,16-17H2/t21-,22+,26+/m1/s1. The van der Waals surface area contributed by atoms with Gasteiger partial charge >= 0.3 is 0 Å². The molecule has 0 amide bonds. The number of hydrogen-bond acceptors (Lipinski definition) is 2. The van der Waals surface area contributed by atoms with Gasteiger partial charge in [0.1, 0.15) is 5.60 Å². The van der Waals surface area contributed by atoms with Crippen LogP contribution in [0.25, 0.3) is 0 Å². The molecule has 0 spiro atoms. The fourth-order valence-electron chi connectivity index (χ4n) is 3.84. The molecule has 0 aliphatic carbocycles. The third kappa shape index (κ3) is 3.02. The van der Waals surface area contributed by atoms with E-state index in [0.717, 1.165) is 24.0 Å². The first-order chi connectivity index (χ1) is 12.7. The minimum Gasteiger partial charge on any atom is -0.379 e. The van der Waals surface area contributed by atoms with E-state index >= 15 is 0 Å². The molecule has 0 bridgehead atoms. The zero-order chi connectivity index (χ0) is 18.0. The van der Waals surface area contributed by atoms with E-state index in [4.69, 9.17) is 0 Å². The maximum atomic E-state index is 13.1. The summed E-state index contributed by atoms with van der Waals surface area (Å²) >= 11 is 0. The lowest BCUT2D eigenvalue weighted by Gasteiger charge is -2.45. The molecule has 0 aromatic heterocycles. The van der Waals surface area contributed by atoms with Gasteiger partial charge in [0.15, 0.2) is 0 Å². The Balaban J connectivity index is 1.63. The van der Waals surface area contributed by atoms with Crippen molar-refractivity contribution in [2.24, 2.45) is 0 Å². The molecule has 3 heteroatoms. The maximum Gasteiger partial charge on any atom is 0.129 e. The molecule has 1 heterocycles. The molecule has 132 valence electrons. The Morgan fingerprint density at radius 3 is 1.73 bits per heavy atom. The van der Waals surface area contributed by atoms with E-state index in [0.29, 0.717) is 0 Å². The summed E-state index contributed by atoms with van der Waals surface area (Å²) in [7, 11) is -1.09. The first-order valence-corrected chi connectivity index (χ1v) is 10.2. The van der Waals surface area contributed by atoms with Crippen LogP contribution in [0.5, 0.6) is 0 Å². The van der Waals surface area contributed by atoms with Crippen molar-refractivity contribution in [3.63, 3.8) is 0 Å². The Bertz CT molecular complexity index is 838. The average Bonchev–Trinajstić information content (AvgIpc) is 2.72. The van der Waals surface area contributed by atoms with Crippen molar-refractivity contribution >= 4 is 10.8 Å². The number of rotatable bonds is 5. The molecule has 2 nitrogen and oxygen atoms in total. The molecule has 3 aromatic carbocycles. The molecular formula is C23H22O2S. The van der Waals surface area contributed by atoms with Crippen LogP contribution in [-0.4, -0.2) is 19.8 Å². The number of hydrogen-bond donors (Lipinski definition) is 1. The monoisotopic (exact) mass is 362 g/mol. The first-order valence-electron chi connectivity index (χ1n) is 8.96. The normalized spacial score (nSPS) is 22.6. The van der Waals surface area contributed by atoms with E-state index in [1.165, 1.54) is 5.56 Å². The lowest BCUT2D eigenvalue weighted by atomic mass is 9.81. The van der Waals surface area contributed by atoms with Crippen molar-refractivity contribution in [2.75, 3.05) is 0 Å². The van der Waals surface area contributed by atoms with E-state index in [1.54, 1.807) is 0 Å². The summed E-state index contributed by atoms with van der Waals surface area (Å²) in [5.41, 5.74) is 1.60. The van der Waals surface area contributed by atoms with Crippen LogP contribution in [0, 0.1) is 0 Å². The molecule has 4 rings (SSSR count). The van der Waals surface area contributed by atoms with Crippen LogP contribution in [0.15, 0.2) is 91.0 Å². The van der Waals surface area contributed by atoms with Crippen LogP contribution in [0.3, 0.4) is 0 Å². The van der Waals surface area contributed by atoms with Gasteiger partial charge in [0.25, 0.3) is 0 Å². The highest BCUT2D eigenvalue weighted by Crippen LogP contribution is 2.44. The van der Waals surface area contributed by atoms with Gasteiger partial charge in [-0.15, -0.1) is 0 Å². The topological polar surface area (TPSA) is 37.3 Å². The van der Waals surface area contributed by atoms with Crippen LogP contribution in [-0.2, 0) is 22.8 Å². The van der Waals surface area contributed by atoms with E-state index in [2.05, 4.69) is 12.1 Å². The van der Waals surface area contributed by atoms with Crippen LogP contribution >= 0.6 is 0 Å². The van der Waals surface area contributed by atoms with E-state index in [9.17, 15) is 9.32 Å². The third-order valence-electron chi connectivity index (χ3n) is 5.29. The lowest BCUT2D eigenvalue weighted by Crippen LogP contribution is -2.55. The van der Waals surface area contributed by atoms with Crippen molar-refractivity contribution < 1.29 is 9.32 Å². The van der Waals surface area contributed by atoms with Gasteiger partial charge < -0.3 is 5.11 Å². The molecule has 26 heavy (non-hydrogen) atoms. The van der Waals surface area contributed by atoms with Crippen LogP contribution in [0.4, 0.5) is 0 Å². The molecular weight excluding hydrogens is 340 g/mol. The maximum absolute atomic E-state index is 13.1. The summed E-state index contributed by atoms with van der Waals surface area (Å²) in [5.74, 6) is 0. The van der Waals surface area contributed by atoms with Gasteiger partial charge in [-0.2, -0.15) is 0 Å². The highest BCUT2D eigenvalue weighted by molar-refractivity contribution is 7.87. The fraction of sp³-hybridized carbons (Fsp3) is 0.217. The van der Waals surface area contributed by atoms with Gasteiger partial charge in [-0.3, -0.25) is 4.21 Å². The molecule has 1 N–H and O–H groups in total. The summed E-state index contributed by atoms with van der Waals surface area (Å²) in [6.45, 7) is 0. The van der Waals surface area contributed by atoms with E-state index in [-0.39, 0.29) is 10.5 Å². The summed E-state index contributed by atoms with van der Waals surface area (Å²) in [6.07, 6.45) is 1.55. The summed E-state index contributed by atoms with van der Waals surface area (Å²) in [5, 5.41) is 11.5. The van der Waals surface area contributed by atoms with Gasteiger partial charge in [-0.25, -0.2) is 0 Å². The minimum absolute atomic E-state index is 0.0985. The zero-order valence-corrected chi connectivity index (χ0v) is 15.3. The second-order valence-corrected chi connectivity index (χ2v) is 8.76. The second kappa shape index (κ2) is 7.18. The third-order valence-corrected chi connectivity index (χ3v) is 7.40. The molecule has 3 aromatic rings. The highest BCUT2D eigenvalue weighted by atomic mass is 32.2. The Morgan fingerprint density at radius 2 is 1.27 bits per heavy atom. The van der Waals surface area contributed by atoms with Gasteiger partial charge in [0.2, 0.25) is 0 Å². The predicted molar refractivity (Wildman–Crippen MR) is 106 cm³/mol. The molecule has 0 unspecified atom stereocenters. The van der Waals surface area contributed by atoms with Crippen LogP contribution in [0.1, 0.15) is 23.1 Å². The van der Waals surface area contributed by atoms with Crippen molar-refractivity contribution in [1.29, 1.82) is 0 Å². The summed E-state index contributed by atoms with van der Waals surface area (Å²) in [4.78, 5) is 0. The molecule has 1 aliphatic heterocycles. The van der Waals surface area contributed by atoms with E-state index < -0.39 is 16.4 Å². The Kier molecular flexibility index (Phi) is 4.75. The smallest absolute Gasteiger partial charge is 0.129 e. The SMILES string of the molecule is O=[S@]1[C@H](Cc2ccccc2)C[C@H]1C(O)(c1ccccc1)c1ccccc1. The molecule has 1 aliphatic rings. The van der Waals surface area contributed by atoms with Crippen LogP contribution in [0.2, 0.25) is 0 Å². The van der Waals surface area contributed by atoms with Crippen molar-refractivity contribution in [3.05, 3.63) is 108 Å². The predicted octanol–water partition coefficient (Wildman–Crippen LogP) is 4.05. The van der Waals surface area contributed by atoms with Crippen LogP contribution < -0.4 is 0 Å². The molecule has 0 radical (unpaired) electrons. The van der Waals surface area contributed by atoms with Gasteiger partial charge in [0, 0.05) is 16.0 Å². The van der Waals surface area contributed by atoms with Gasteiger partial charge in [-0.05, 0) is 29.5 Å².